The first-order valence-corrected chi connectivity index (χ1v) is 13.5. The van der Waals surface area contributed by atoms with Gasteiger partial charge in [0.15, 0.2) is 16.4 Å². The lowest BCUT2D eigenvalue weighted by Crippen LogP contribution is -2.53. The first kappa shape index (κ1) is 30.7. The number of likely N-dealkylation sites (tertiary alicyclic amines) is 1. The number of rotatable bonds is 7. The molecule has 3 aliphatic rings. The number of amides is 2. The quantitative estimate of drug-likeness (QED) is 0.462. The van der Waals surface area contributed by atoms with Crippen molar-refractivity contribution in [1.29, 1.82) is 5.26 Å². The normalized spacial score (nSPS) is 23.5. The Balaban J connectivity index is 1.69. The second kappa shape index (κ2) is 9.66. The van der Waals surface area contributed by atoms with Gasteiger partial charge in [-0.2, -0.15) is 44.8 Å². The Bertz CT molecular complexity index is 1390. The molecule has 226 valence electrons. The highest BCUT2D eigenvalue weighted by Crippen LogP contribution is 2.59. The number of nitrogens with zero attached hydrogens (tertiary/aromatic N) is 2. The Morgan fingerprint density at radius 2 is 1.66 bits per heavy atom. The average molecular weight is 621 g/mol. The lowest BCUT2D eigenvalue weighted by Gasteiger charge is -2.29. The van der Waals surface area contributed by atoms with E-state index < -0.39 is 111 Å². The summed E-state index contributed by atoms with van der Waals surface area (Å²) in [5.41, 5.74) is -6.15. The number of sulfone groups is 1. The Morgan fingerprint density at radius 1 is 1.05 bits per heavy atom. The molecule has 0 bridgehead atoms. The third-order valence-electron chi connectivity index (χ3n) is 7.26. The van der Waals surface area contributed by atoms with Crippen LogP contribution in [-0.4, -0.2) is 67.5 Å². The van der Waals surface area contributed by atoms with Gasteiger partial charge in [0, 0.05) is 6.54 Å². The number of hydrogen-bond acceptors (Lipinski definition) is 6. The van der Waals surface area contributed by atoms with Crippen LogP contribution >= 0.6 is 0 Å². The smallest absolute Gasteiger partial charge is 0.422 e. The van der Waals surface area contributed by atoms with Crippen molar-refractivity contribution in [3.05, 3.63) is 23.8 Å². The number of carbonyl (C=O) groups excluding carboxylic acids is 2. The fourth-order valence-corrected chi connectivity index (χ4v) is 6.53. The van der Waals surface area contributed by atoms with Crippen LogP contribution in [0.5, 0.6) is 5.75 Å². The molecular formula is C23H20F9N3O5S. The monoisotopic (exact) mass is 621 g/mol. The maximum atomic E-state index is 13.8. The van der Waals surface area contributed by atoms with Crippen LogP contribution in [0.4, 0.5) is 39.5 Å². The SMILES string of the molecule is N#CC1(NC(=O)[C@@H]2C[C@@H](S(=O)(=O)c3ccc(OCC(F)(F)F)cc3C(F)(F)F)CN2C(=O)C2(C(F)(F)F)CC2)CC1. The highest BCUT2D eigenvalue weighted by molar-refractivity contribution is 7.92. The summed E-state index contributed by atoms with van der Waals surface area (Å²) in [5, 5.41) is 9.53. The summed E-state index contributed by atoms with van der Waals surface area (Å²) < 4.78 is 151. The first-order chi connectivity index (χ1) is 18.7. The molecule has 8 nitrogen and oxygen atoms in total. The summed E-state index contributed by atoms with van der Waals surface area (Å²) in [6.45, 7) is -3.04. The summed E-state index contributed by atoms with van der Waals surface area (Å²) in [4.78, 5) is 25.0. The maximum absolute atomic E-state index is 13.8. The van der Waals surface area contributed by atoms with Crippen LogP contribution in [0.3, 0.4) is 0 Å². The molecule has 0 unspecified atom stereocenters. The molecule has 2 atom stereocenters. The zero-order valence-corrected chi connectivity index (χ0v) is 21.4. The van der Waals surface area contributed by atoms with Gasteiger partial charge in [0.05, 0.1) is 21.8 Å². The van der Waals surface area contributed by atoms with Crippen molar-refractivity contribution in [2.75, 3.05) is 13.2 Å². The minimum Gasteiger partial charge on any atom is -0.484 e. The lowest BCUT2D eigenvalue weighted by atomic mass is 10.0. The fraction of sp³-hybridized carbons (Fsp3) is 0.609. The van der Waals surface area contributed by atoms with E-state index in [0.717, 1.165) is 0 Å². The van der Waals surface area contributed by atoms with E-state index in [2.05, 4.69) is 10.1 Å². The fourth-order valence-electron chi connectivity index (χ4n) is 4.64. The molecule has 0 radical (unpaired) electrons. The number of halogens is 9. The lowest BCUT2D eigenvalue weighted by molar-refractivity contribution is -0.199. The zero-order chi connectivity index (χ0) is 30.8. The molecule has 41 heavy (non-hydrogen) atoms. The van der Waals surface area contributed by atoms with Crippen LogP contribution in [-0.2, 0) is 25.6 Å². The van der Waals surface area contributed by atoms with E-state index in [1.54, 1.807) is 6.07 Å². The third kappa shape index (κ3) is 5.90. The van der Waals surface area contributed by atoms with E-state index in [0.29, 0.717) is 17.0 Å². The van der Waals surface area contributed by atoms with Crippen molar-refractivity contribution in [2.45, 2.75) is 72.4 Å². The molecule has 1 aromatic rings. The predicted molar refractivity (Wildman–Crippen MR) is 118 cm³/mol. The summed E-state index contributed by atoms with van der Waals surface area (Å²) in [6, 6.07) is 0.866. The van der Waals surface area contributed by atoms with Gasteiger partial charge in [-0.05, 0) is 50.3 Å². The molecule has 1 heterocycles. The largest absolute Gasteiger partial charge is 0.484 e. The Kier molecular flexibility index (Phi) is 7.24. The molecule has 0 aromatic heterocycles. The number of nitrogens with one attached hydrogen (secondary N) is 1. The van der Waals surface area contributed by atoms with Gasteiger partial charge in [0.25, 0.3) is 0 Å². The molecule has 2 aliphatic carbocycles. The molecule has 1 aliphatic heterocycles. The topological polar surface area (TPSA) is 117 Å². The summed E-state index contributed by atoms with van der Waals surface area (Å²) in [6.07, 6.45) is -17.2. The third-order valence-corrected chi connectivity index (χ3v) is 9.45. The number of ether oxygens (including phenoxy) is 1. The molecule has 2 saturated carbocycles. The second-order valence-corrected chi connectivity index (χ2v) is 12.4. The van der Waals surface area contributed by atoms with Crippen molar-refractivity contribution in [2.24, 2.45) is 5.41 Å². The molecular weight excluding hydrogens is 601 g/mol. The van der Waals surface area contributed by atoms with E-state index in [4.69, 9.17) is 0 Å². The number of nitriles is 1. The van der Waals surface area contributed by atoms with Crippen LogP contribution in [0.25, 0.3) is 0 Å². The van der Waals surface area contributed by atoms with Gasteiger partial charge in [-0.15, -0.1) is 0 Å². The molecule has 0 spiro atoms. The van der Waals surface area contributed by atoms with Crippen LogP contribution in [0.2, 0.25) is 0 Å². The van der Waals surface area contributed by atoms with E-state index in [1.165, 1.54) is 0 Å². The van der Waals surface area contributed by atoms with Crippen LogP contribution in [0, 0.1) is 16.7 Å². The van der Waals surface area contributed by atoms with Gasteiger partial charge in [0.1, 0.15) is 22.7 Å². The Labute approximate surface area is 226 Å². The van der Waals surface area contributed by atoms with Crippen molar-refractivity contribution >= 4 is 21.7 Å². The minimum atomic E-state index is -5.43. The molecule has 2 amide bonds. The maximum Gasteiger partial charge on any atom is 0.422 e. The zero-order valence-electron chi connectivity index (χ0n) is 20.6. The standard InChI is InChI=1S/C23H20F9N3O5S/c24-21(25,26)11-40-12-1-2-16(14(7-12)22(27,28)29)41(38,39)13-8-15(17(36)34-19(10-33)3-4-19)35(9-13)18(37)20(5-6-20)23(30,31)32/h1-2,7,13,15H,3-6,8-9,11H2,(H,34,36)/t13-,15+/m1/s1. The Morgan fingerprint density at radius 3 is 2.12 bits per heavy atom. The summed E-state index contributed by atoms with van der Waals surface area (Å²) in [7, 11) is -5.16. The molecule has 1 aromatic carbocycles. The van der Waals surface area contributed by atoms with Gasteiger partial charge >= 0.3 is 18.5 Å². The van der Waals surface area contributed by atoms with E-state index in [1.807, 2.05) is 0 Å². The Hall–Kier alpha value is -3.23. The van der Waals surface area contributed by atoms with Gasteiger partial charge in [-0.25, -0.2) is 8.42 Å². The predicted octanol–water partition coefficient (Wildman–Crippen LogP) is 3.90. The van der Waals surface area contributed by atoms with Crippen molar-refractivity contribution < 1.29 is 62.3 Å². The van der Waals surface area contributed by atoms with Crippen molar-refractivity contribution in [3.8, 4) is 11.8 Å². The number of benzene rings is 1. The van der Waals surface area contributed by atoms with Gasteiger partial charge in [-0.3, -0.25) is 9.59 Å². The van der Waals surface area contributed by atoms with Crippen molar-refractivity contribution in [1.82, 2.24) is 10.2 Å². The highest BCUT2D eigenvalue weighted by Gasteiger charge is 2.70. The molecule has 4 rings (SSSR count). The van der Waals surface area contributed by atoms with E-state index in [9.17, 15) is 62.8 Å². The van der Waals surface area contributed by atoms with E-state index >= 15 is 0 Å². The number of alkyl halides is 9. The van der Waals surface area contributed by atoms with Gasteiger partial charge in [-0.1, -0.05) is 0 Å². The van der Waals surface area contributed by atoms with Crippen LogP contribution in [0.15, 0.2) is 23.1 Å². The van der Waals surface area contributed by atoms with Crippen LogP contribution in [0.1, 0.15) is 37.7 Å². The average Bonchev–Trinajstić information content (AvgIpc) is 3.77. The van der Waals surface area contributed by atoms with Gasteiger partial charge in [0.2, 0.25) is 11.8 Å². The first-order valence-electron chi connectivity index (χ1n) is 11.9. The molecule has 1 saturated heterocycles. The number of hydrogen-bond donors (Lipinski definition) is 1. The molecule has 1 N–H and O–H groups in total. The minimum absolute atomic E-state index is 0.0350. The highest BCUT2D eigenvalue weighted by atomic mass is 32.2. The molecule has 3 fully saturated rings. The molecule has 18 heteroatoms. The number of carbonyl (C=O) groups is 2. The van der Waals surface area contributed by atoms with Gasteiger partial charge < -0.3 is 15.0 Å². The van der Waals surface area contributed by atoms with E-state index in [-0.39, 0.29) is 18.9 Å². The summed E-state index contributed by atoms with van der Waals surface area (Å²) in [5.74, 6) is -3.71. The van der Waals surface area contributed by atoms with Crippen LogP contribution < -0.4 is 10.1 Å². The summed E-state index contributed by atoms with van der Waals surface area (Å²) >= 11 is 0. The second-order valence-electron chi connectivity index (χ2n) is 10.2. The van der Waals surface area contributed by atoms with Crippen molar-refractivity contribution in [3.63, 3.8) is 0 Å².